The van der Waals surface area contributed by atoms with Crippen LogP contribution in [-0.2, 0) is 6.54 Å². The third-order valence-electron chi connectivity index (χ3n) is 2.37. The average molecular weight is 280 g/mol. The molecule has 0 spiro atoms. The lowest BCUT2D eigenvalue weighted by Gasteiger charge is -2.03. The second kappa shape index (κ2) is 4.64. The van der Waals surface area contributed by atoms with Crippen LogP contribution in [0.3, 0.4) is 0 Å². The van der Waals surface area contributed by atoms with Crippen molar-refractivity contribution in [1.82, 2.24) is 9.55 Å². The van der Waals surface area contributed by atoms with E-state index in [0.717, 1.165) is 9.99 Å². The molecule has 0 saturated carbocycles. The van der Waals surface area contributed by atoms with Crippen LogP contribution in [0.15, 0.2) is 22.9 Å². The van der Waals surface area contributed by atoms with E-state index in [1.807, 2.05) is 10.6 Å². The number of halogens is 1. The molecule has 0 bridgehead atoms. The number of aliphatic hydroxyl groups is 1. The van der Waals surface area contributed by atoms with Gasteiger partial charge in [-0.25, -0.2) is 4.98 Å². The first kappa shape index (κ1) is 11.1. The molecule has 0 radical (unpaired) electrons. The van der Waals surface area contributed by atoms with Crippen molar-refractivity contribution in [2.75, 3.05) is 6.61 Å². The van der Waals surface area contributed by atoms with E-state index >= 15 is 0 Å². The number of rotatable bonds is 3. The first-order chi connectivity index (χ1) is 7.76. The van der Waals surface area contributed by atoms with Crippen LogP contribution < -0.4 is 0 Å². The van der Waals surface area contributed by atoms with Crippen molar-refractivity contribution in [2.24, 2.45) is 0 Å². The predicted molar refractivity (Wildman–Crippen MR) is 63.9 cm³/mol. The van der Waals surface area contributed by atoms with E-state index in [0.29, 0.717) is 24.0 Å². The lowest BCUT2D eigenvalue weighted by molar-refractivity contribution is 0.280. The molecule has 82 valence electrons. The van der Waals surface area contributed by atoms with E-state index in [4.69, 9.17) is 10.4 Å². The number of hydrogen-bond acceptors (Lipinski definition) is 3. The van der Waals surface area contributed by atoms with Crippen molar-refractivity contribution in [3.8, 4) is 6.07 Å². The molecule has 5 heteroatoms. The molecule has 4 nitrogen and oxygen atoms in total. The average Bonchev–Trinajstić information content (AvgIpc) is 2.68. The van der Waals surface area contributed by atoms with Crippen LogP contribution in [0.5, 0.6) is 0 Å². The number of aliphatic hydroxyl groups excluding tert-OH is 1. The molecule has 0 aliphatic carbocycles. The van der Waals surface area contributed by atoms with Gasteiger partial charge in [-0.15, -0.1) is 0 Å². The topological polar surface area (TPSA) is 61.8 Å². The highest BCUT2D eigenvalue weighted by molar-refractivity contribution is 9.10. The predicted octanol–water partition coefficient (Wildman–Crippen LogP) is 2.05. The van der Waals surface area contributed by atoms with Crippen molar-refractivity contribution in [2.45, 2.75) is 13.0 Å². The number of fused-ring (bicyclic) bond motifs is 1. The summed E-state index contributed by atoms with van der Waals surface area (Å²) in [6, 6.07) is 5.81. The summed E-state index contributed by atoms with van der Waals surface area (Å²) in [6.45, 7) is 0.854. The van der Waals surface area contributed by atoms with Crippen LogP contribution in [0, 0.1) is 11.3 Å². The summed E-state index contributed by atoms with van der Waals surface area (Å²) in [5.41, 5.74) is 2.19. The van der Waals surface area contributed by atoms with Gasteiger partial charge in [-0.3, -0.25) is 0 Å². The minimum absolute atomic E-state index is 0.152. The number of hydrogen-bond donors (Lipinski definition) is 1. The normalized spacial score (nSPS) is 10.6. The van der Waals surface area contributed by atoms with Crippen molar-refractivity contribution in [3.63, 3.8) is 0 Å². The zero-order chi connectivity index (χ0) is 11.5. The first-order valence-electron chi connectivity index (χ1n) is 4.91. The molecule has 2 aromatic rings. The lowest BCUT2D eigenvalue weighted by atomic mass is 10.2. The Hall–Kier alpha value is -1.38. The van der Waals surface area contributed by atoms with Crippen LogP contribution >= 0.6 is 15.9 Å². The largest absolute Gasteiger partial charge is 0.396 e. The Morgan fingerprint density at radius 2 is 2.31 bits per heavy atom. The monoisotopic (exact) mass is 279 g/mol. The summed E-state index contributed by atoms with van der Waals surface area (Å²) >= 11 is 3.37. The quantitative estimate of drug-likeness (QED) is 0.936. The third kappa shape index (κ3) is 1.94. The summed E-state index contributed by atoms with van der Waals surface area (Å²) < 4.78 is 2.80. The van der Waals surface area contributed by atoms with Gasteiger partial charge in [0.1, 0.15) is 11.6 Å². The lowest BCUT2D eigenvalue weighted by Crippen LogP contribution is -1.98. The minimum Gasteiger partial charge on any atom is -0.396 e. The zero-order valence-corrected chi connectivity index (χ0v) is 10.1. The highest BCUT2D eigenvalue weighted by Gasteiger charge is 2.08. The number of nitriles is 1. The Balaban J connectivity index is 2.55. The molecule has 0 saturated heterocycles. The van der Waals surface area contributed by atoms with Crippen LogP contribution in [0.4, 0.5) is 0 Å². The van der Waals surface area contributed by atoms with Crippen molar-refractivity contribution in [3.05, 3.63) is 28.5 Å². The zero-order valence-electron chi connectivity index (χ0n) is 8.52. The van der Waals surface area contributed by atoms with Gasteiger partial charge in [0.2, 0.25) is 0 Å². The number of benzene rings is 1. The SMILES string of the molecule is N#Cc1cc(Br)cc2c1ncn2CCCO. The molecule has 0 fully saturated rings. The molecule has 0 unspecified atom stereocenters. The molecule has 2 rings (SSSR count). The molecule has 0 atom stereocenters. The van der Waals surface area contributed by atoms with Gasteiger partial charge in [0, 0.05) is 17.6 Å². The second-order valence-corrected chi connectivity index (χ2v) is 4.36. The van der Waals surface area contributed by atoms with Gasteiger partial charge in [-0.1, -0.05) is 15.9 Å². The molecular weight excluding hydrogens is 270 g/mol. The van der Waals surface area contributed by atoms with E-state index in [-0.39, 0.29) is 6.61 Å². The number of nitrogens with zero attached hydrogens (tertiary/aromatic N) is 3. The highest BCUT2D eigenvalue weighted by atomic mass is 79.9. The van der Waals surface area contributed by atoms with Crippen LogP contribution in [-0.4, -0.2) is 21.3 Å². The minimum atomic E-state index is 0.152. The fraction of sp³-hybridized carbons (Fsp3) is 0.273. The summed E-state index contributed by atoms with van der Waals surface area (Å²) in [5, 5.41) is 17.8. The number of aromatic nitrogens is 2. The summed E-state index contributed by atoms with van der Waals surface area (Å²) in [4.78, 5) is 4.22. The summed E-state index contributed by atoms with van der Waals surface area (Å²) in [5.74, 6) is 0. The third-order valence-corrected chi connectivity index (χ3v) is 2.83. The number of imidazole rings is 1. The maximum absolute atomic E-state index is 8.99. The molecule has 1 aromatic carbocycles. The molecular formula is C11H10BrN3O. The highest BCUT2D eigenvalue weighted by Crippen LogP contribution is 2.23. The van der Waals surface area contributed by atoms with Gasteiger partial charge in [0.15, 0.2) is 0 Å². The van der Waals surface area contributed by atoms with Gasteiger partial charge < -0.3 is 9.67 Å². The van der Waals surface area contributed by atoms with E-state index in [2.05, 4.69) is 27.0 Å². The maximum Gasteiger partial charge on any atom is 0.106 e. The fourth-order valence-electron chi connectivity index (χ4n) is 1.63. The molecule has 0 aliphatic rings. The second-order valence-electron chi connectivity index (χ2n) is 3.45. The van der Waals surface area contributed by atoms with E-state index in [1.54, 1.807) is 12.4 Å². The standard InChI is InChI=1S/C11H10BrN3O/c12-9-4-8(6-13)11-10(5-9)15(7-14-11)2-1-3-16/h4-5,7,16H,1-3H2. The van der Waals surface area contributed by atoms with Crippen LogP contribution in [0.2, 0.25) is 0 Å². The van der Waals surface area contributed by atoms with E-state index < -0.39 is 0 Å². The van der Waals surface area contributed by atoms with Gasteiger partial charge in [0.05, 0.1) is 17.4 Å². The molecule has 1 heterocycles. The summed E-state index contributed by atoms with van der Waals surface area (Å²) in [7, 11) is 0. The Labute approximate surface area is 101 Å². The molecule has 16 heavy (non-hydrogen) atoms. The smallest absolute Gasteiger partial charge is 0.106 e. The Bertz CT molecular complexity index is 556. The molecule has 0 aliphatic heterocycles. The van der Waals surface area contributed by atoms with Crippen molar-refractivity contribution in [1.29, 1.82) is 5.26 Å². The molecule has 0 amide bonds. The van der Waals surface area contributed by atoms with Crippen LogP contribution in [0.25, 0.3) is 11.0 Å². The number of aryl methyl sites for hydroxylation is 1. The van der Waals surface area contributed by atoms with Gasteiger partial charge >= 0.3 is 0 Å². The Kier molecular flexibility index (Phi) is 3.22. The van der Waals surface area contributed by atoms with Crippen molar-refractivity contribution < 1.29 is 5.11 Å². The molecule has 1 aromatic heterocycles. The van der Waals surface area contributed by atoms with Gasteiger partial charge in [-0.05, 0) is 18.6 Å². The Morgan fingerprint density at radius 1 is 1.50 bits per heavy atom. The van der Waals surface area contributed by atoms with Gasteiger partial charge in [0.25, 0.3) is 0 Å². The van der Waals surface area contributed by atoms with E-state index in [1.165, 1.54) is 0 Å². The van der Waals surface area contributed by atoms with Gasteiger partial charge in [-0.2, -0.15) is 5.26 Å². The molecule has 1 N–H and O–H groups in total. The fourth-order valence-corrected chi connectivity index (χ4v) is 2.08. The summed E-state index contributed by atoms with van der Waals surface area (Å²) in [6.07, 6.45) is 2.38. The first-order valence-corrected chi connectivity index (χ1v) is 5.71. The van der Waals surface area contributed by atoms with Crippen molar-refractivity contribution >= 4 is 27.0 Å². The Morgan fingerprint density at radius 3 is 3.00 bits per heavy atom. The maximum atomic E-state index is 8.99. The van der Waals surface area contributed by atoms with E-state index in [9.17, 15) is 0 Å². The van der Waals surface area contributed by atoms with Crippen LogP contribution in [0.1, 0.15) is 12.0 Å².